The first kappa shape index (κ1) is 25.0. The lowest BCUT2D eigenvalue weighted by Gasteiger charge is -2.17. The summed E-state index contributed by atoms with van der Waals surface area (Å²) in [5.41, 5.74) is 2.35. The third-order valence-corrected chi connectivity index (χ3v) is 6.67. The summed E-state index contributed by atoms with van der Waals surface area (Å²) < 4.78 is 0. The van der Waals surface area contributed by atoms with Crippen LogP contribution in [0.2, 0.25) is 5.02 Å². The van der Waals surface area contributed by atoms with Gasteiger partial charge in [0, 0.05) is 26.9 Å². The van der Waals surface area contributed by atoms with E-state index in [4.69, 9.17) is 11.6 Å². The maximum absolute atomic E-state index is 13.2. The van der Waals surface area contributed by atoms with Crippen molar-refractivity contribution in [2.75, 3.05) is 10.6 Å². The van der Waals surface area contributed by atoms with Crippen molar-refractivity contribution in [2.24, 2.45) is 0 Å². The van der Waals surface area contributed by atoms with Gasteiger partial charge in [-0.25, -0.2) is 4.79 Å². The van der Waals surface area contributed by atoms with E-state index in [-0.39, 0.29) is 17.4 Å². The van der Waals surface area contributed by atoms with E-state index in [9.17, 15) is 19.5 Å². The molecule has 0 radical (unpaired) electrons. The van der Waals surface area contributed by atoms with Crippen LogP contribution in [0.3, 0.4) is 0 Å². The Morgan fingerprint density at radius 3 is 2.11 bits per heavy atom. The molecule has 180 valence electrons. The molecule has 1 atom stereocenters. The van der Waals surface area contributed by atoms with Gasteiger partial charge >= 0.3 is 5.97 Å². The standard InChI is InChI=1S/C28H21ClN2O4S/c29-21-10-4-8-19(16-21)26(32)30-22-12-14-24(15-13-22)36-25(18-6-2-1-3-7-18)27(33)31-23-11-5-9-20(17-23)28(34)35/h1-17,25H,(H,30,32)(H,31,33)(H,34,35). The molecule has 8 heteroatoms. The number of aromatic carboxylic acids is 1. The number of carboxylic acids is 1. The van der Waals surface area contributed by atoms with Gasteiger partial charge in [0.15, 0.2) is 0 Å². The monoisotopic (exact) mass is 516 g/mol. The van der Waals surface area contributed by atoms with Gasteiger partial charge in [0.2, 0.25) is 5.91 Å². The Labute approximate surface area is 217 Å². The average molecular weight is 517 g/mol. The zero-order chi connectivity index (χ0) is 25.5. The molecule has 0 spiro atoms. The number of halogens is 1. The maximum atomic E-state index is 13.2. The van der Waals surface area contributed by atoms with Crippen molar-refractivity contribution in [3.63, 3.8) is 0 Å². The molecule has 36 heavy (non-hydrogen) atoms. The lowest BCUT2D eigenvalue weighted by molar-refractivity contribution is -0.115. The van der Waals surface area contributed by atoms with E-state index < -0.39 is 11.2 Å². The number of rotatable bonds is 8. The summed E-state index contributed by atoms with van der Waals surface area (Å²) in [6, 6.07) is 29.3. The number of anilines is 2. The first-order valence-electron chi connectivity index (χ1n) is 10.9. The molecule has 6 nitrogen and oxygen atoms in total. The summed E-state index contributed by atoms with van der Waals surface area (Å²) >= 11 is 7.32. The quantitative estimate of drug-likeness (QED) is 0.225. The Bertz CT molecular complexity index is 1390. The highest BCUT2D eigenvalue weighted by atomic mass is 35.5. The maximum Gasteiger partial charge on any atom is 0.335 e. The number of hydrogen-bond donors (Lipinski definition) is 3. The van der Waals surface area contributed by atoms with Gasteiger partial charge in [0.1, 0.15) is 5.25 Å². The summed E-state index contributed by atoms with van der Waals surface area (Å²) in [7, 11) is 0. The van der Waals surface area contributed by atoms with Crippen molar-refractivity contribution in [1.29, 1.82) is 0 Å². The summed E-state index contributed by atoms with van der Waals surface area (Å²) in [4.78, 5) is 37.8. The molecule has 0 aliphatic heterocycles. The zero-order valence-electron chi connectivity index (χ0n) is 18.9. The largest absolute Gasteiger partial charge is 0.478 e. The summed E-state index contributed by atoms with van der Waals surface area (Å²) in [5, 5.41) is 14.8. The molecule has 0 heterocycles. The van der Waals surface area contributed by atoms with E-state index in [0.29, 0.717) is 22.0 Å². The Kier molecular flexibility index (Phi) is 8.05. The number of hydrogen-bond acceptors (Lipinski definition) is 4. The topological polar surface area (TPSA) is 95.5 Å². The van der Waals surface area contributed by atoms with E-state index in [1.54, 1.807) is 48.5 Å². The van der Waals surface area contributed by atoms with Crippen molar-refractivity contribution in [3.05, 3.63) is 125 Å². The summed E-state index contributed by atoms with van der Waals surface area (Å²) in [5.74, 6) is -1.63. The fraction of sp³-hybridized carbons (Fsp3) is 0.0357. The number of nitrogens with one attached hydrogen (secondary N) is 2. The molecule has 4 rings (SSSR count). The van der Waals surface area contributed by atoms with Crippen LogP contribution in [0.4, 0.5) is 11.4 Å². The average Bonchev–Trinajstić information content (AvgIpc) is 2.88. The molecule has 4 aromatic rings. The van der Waals surface area contributed by atoms with E-state index in [1.165, 1.54) is 23.9 Å². The Hall–Kier alpha value is -4.07. The molecular weight excluding hydrogens is 496 g/mol. The molecule has 3 N–H and O–H groups in total. The van der Waals surface area contributed by atoms with E-state index in [2.05, 4.69) is 10.6 Å². The number of carbonyl (C=O) groups is 3. The van der Waals surface area contributed by atoms with Crippen molar-refractivity contribution in [1.82, 2.24) is 0 Å². The van der Waals surface area contributed by atoms with Gasteiger partial charge in [0.05, 0.1) is 5.56 Å². The van der Waals surface area contributed by atoms with Gasteiger partial charge in [-0.1, -0.05) is 54.1 Å². The molecule has 0 aromatic heterocycles. The van der Waals surface area contributed by atoms with Crippen molar-refractivity contribution < 1.29 is 19.5 Å². The molecule has 1 unspecified atom stereocenters. The third kappa shape index (κ3) is 6.53. The van der Waals surface area contributed by atoms with Crippen LogP contribution in [0, 0.1) is 0 Å². The highest BCUT2D eigenvalue weighted by Crippen LogP contribution is 2.36. The lowest BCUT2D eigenvalue weighted by Crippen LogP contribution is -2.19. The van der Waals surface area contributed by atoms with Crippen molar-refractivity contribution in [3.8, 4) is 0 Å². The van der Waals surface area contributed by atoms with Gasteiger partial charge < -0.3 is 15.7 Å². The number of benzene rings is 4. The number of carbonyl (C=O) groups excluding carboxylic acids is 2. The predicted octanol–water partition coefficient (Wildman–Crippen LogP) is 6.76. The molecule has 0 saturated heterocycles. The van der Waals surface area contributed by atoms with Crippen molar-refractivity contribution >= 4 is 52.5 Å². The smallest absolute Gasteiger partial charge is 0.335 e. The first-order chi connectivity index (χ1) is 17.4. The van der Waals surface area contributed by atoms with Crippen molar-refractivity contribution in [2.45, 2.75) is 10.1 Å². The predicted molar refractivity (Wildman–Crippen MR) is 143 cm³/mol. The van der Waals surface area contributed by atoms with E-state index >= 15 is 0 Å². The molecule has 0 aliphatic rings. The molecule has 0 aliphatic carbocycles. The Balaban J connectivity index is 1.50. The van der Waals surface area contributed by atoms with Crippen LogP contribution in [0.15, 0.2) is 108 Å². The molecule has 2 amide bonds. The fourth-order valence-corrected chi connectivity index (χ4v) is 4.64. The minimum absolute atomic E-state index is 0.0899. The first-order valence-corrected chi connectivity index (χ1v) is 12.2. The van der Waals surface area contributed by atoms with Crippen LogP contribution >= 0.6 is 23.4 Å². The van der Waals surface area contributed by atoms with Crippen LogP contribution in [0.1, 0.15) is 31.5 Å². The minimum Gasteiger partial charge on any atom is -0.478 e. The van der Waals surface area contributed by atoms with Gasteiger partial charge in [-0.3, -0.25) is 9.59 Å². The second-order valence-electron chi connectivity index (χ2n) is 7.77. The minimum atomic E-state index is -1.07. The van der Waals surface area contributed by atoms with E-state index in [0.717, 1.165) is 10.5 Å². The summed E-state index contributed by atoms with van der Waals surface area (Å²) in [6.45, 7) is 0. The second kappa shape index (κ2) is 11.6. The van der Waals surface area contributed by atoms with E-state index in [1.807, 2.05) is 42.5 Å². The van der Waals surface area contributed by atoms with Crippen LogP contribution in [-0.2, 0) is 4.79 Å². The molecule has 0 saturated carbocycles. The molecular formula is C28H21ClN2O4S. The van der Waals surface area contributed by atoms with Gasteiger partial charge in [-0.05, 0) is 66.2 Å². The SMILES string of the molecule is O=C(O)c1cccc(NC(=O)C(Sc2ccc(NC(=O)c3cccc(Cl)c3)cc2)c2ccccc2)c1. The zero-order valence-corrected chi connectivity index (χ0v) is 20.4. The molecule has 0 fully saturated rings. The Morgan fingerprint density at radius 1 is 0.722 bits per heavy atom. The van der Waals surface area contributed by atoms with Gasteiger partial charge in [-0.15, -0.1) is 11.8 Å². The normalized spacial score (nSPS) is 11.4. The number of carboxylic acid groups (broad SMARTS) is 1. The summed E-state index contributed by atoms with van der Waals surface area (Å²) in [6.07, 6.45) is 0. The number of thioether (sulfide) groups is 1. The van der Waals surface area contributed by atoms with Crippen LogP contribution < -0.4 is 10.6 Å². The lowest BCUT2D eigenvalue weighted by atomic mass is 10.1. The molecule has 4 aromatic carbocycles. The van der Waals surface area contributed by atoms with Gasteiger partial charge in [-0.2, -0.15) is 0 Å². The van der Waals surface area contributed by atoms with Crippen LogP contribution in [0.5, 0.6) is 0 Å². The highest BCUT2D eigenvalue weighted by Gasteiger charge is 2.22. The van der Waals surface area contributed by atoms with Crippen LogP contribution in [0.25, 0.3) is 0 Å². The van der Waals surface area contributed by atoms with Gasteiger partial charge in [0.25, 0.3) is 5.91 Å². The third-order valence-electron chi connectivity index (χ3n) is 5.17. The molecule has 0 bridgehead atoms. The second-order valence-corrected chi connectivity index (χ2v) is 9.39. The highest BCUT2D eigenvalue weighted by molar-refractivity contribution is 8.00. The Morgan fingerprint density at radius 2 is 1.42 bits per heavy atom. The van der Waals surface area contributed by atoms with Crippen LogP contribution in [-0.4, -0.2) is 22.9 Å². The number of amides is 2. The fourth-order valence-electron chi connectivity index (χ4n) is 3.42.